The SMILES string of the molecule is N#C/C(=C\c1cc(Cl)ccc1OCc1ccc(F)cc1)C(=O)c1cccc([N+](=O)[O-])c1. The highest BCUT2D eigenvalue weighted by Gasteiger charge is 2.17. The molecule has 6 nitrogen and oxygen atoms in total. The molecule has 0 radical (unpaired) electrons. The molecule has 0 unspecified atom stereocenters. The van der Waals surface area contributed by atoms with Crippen molar-refractivity contribution in [3.63, 3.8) is 0 Å². The van der Waals surface area contributed by atoms with Crippen LogP contribution in [0.4, 0.5) is 10.1 Å². The molecule has 0 aromatic heterocycles. The number of benzene rings is 3. The zero-order valence-corrected chi connectivity index (χ0v) is 16.7. The van der Waals surface area contributed by atoms with Crippen LogP contribution in [0.15, 0.2) is 72.3 Å². The van der Waals surface area contributed by atoms with Gasteiger partial charge in [-0.25, -0.2) is 4.39 Å². The van der Waals surface area contributed by atoms with Gasteiger partial charge in [-0.2, -0.15) is 5.26 Å². The fraction of sp³-hybridized carbons (Fsp3) is 0.0435. The van der Waals surface area contributed by atoms with Crippen LogP contribution in [0.25, 0.3) is 6.08 Å². The Balaban J connectivity index is 1.91. The van der Waals surface area contributed by atoms with E-state index in [0.29, 0.717) is 16.3 Å². The molecule has 0 aliphatic carbocycles. The number of carbonyl (C=O) groups excluding carboxylic acids is 1. The van der Waals surface area contributed by atoms with Crippen LogP contribution >= 0.6 is 11.6 Å². The first kappa shape index (κ1) is 21.7. The number of Topliss-reactive ketones (excluding diaryl/α,β-unsaturated/α-hetero) is 1. The lowest BCUT2D eigenvalue weighted by Gasteiger charge is -2.10. The standard InChI is InChI=1S/C23H14ClFN2O4/c24-19-6-9-22(31-14-15-4-7-20(25)8-5-15)17(11-19)10-18(13-26)23(28)16-2-1-3-21(12-16)27(29)30/h1-12H,14H2/b18-10+. The second-order valence-electron chi connectivity index (χ2n) is 6.40. The summed E-state index contributed by atoms with van der Waals surface area (Å²) in [6.45, 7) is 0.128. The molecule has 0 amide bonds. The molecular formula is C23H14ClFN2O4. The number of non-ortho nitro benzene ring substituents is 1. The van der Waals surface area contributed by atoms with Gasteiger partial charge < -0.3 is 4.74 Å². The second-order valence-corrected chi connectivity index (χ2v) is 6.84. The lowest BCUT2D eigenvalue weighted by Crippen LogP contribution is -2.03. The van der Waals surface area contributed by atoms with Crippen LogP contribution in [0.1, 0.15) is 21.5 Å². The Hall–Kier alpha value is -4.02. The zero-order chi connectivity index (χ0) is 22.4. The smallest absolute Gasteiger partial charge is 0.270 e. The van der Waals surface area contributed by atoms with E-state index >= 15 is 0 Å². The van der Waals surface area contributed by atoms with Crippen LogP contribution in [-0.4, -0.2) is 10.7 Å². The predicted molar refractivity (Wildman–Crippen MR) is 113 cm³/mol. The Kier molecular flexibility index (Phi) is 6.75. The maximum atomic E-state index is 13.1. The van der Waals surface area contributed by atoms with Crippen molar-refractivity contribution in [1.82, 2.24) is 0 Å². The van der Waals surface area contributed by atoms with Crippen LogP contribution < -0.4 is 4.74 Å². The average molecular weight is 437 g/mol. The van der Waals surface area contributed by atoms with Crippen LogP contribution in [0, 0.1) is 27.3 Å². The lowest BCUT2D eigenvalue weighted by molar-refractivity contribution is -0.384. The number of ether oxygens (including phenoxy) is 1. The van der Waals surface area contributed by atoms with Gasteiger partial charge in [0, 0.05) is 28.3 Å². The van der Waals surface area contributed by atoms with E-state index in [2.05, 4.69) is 0 Å². The molecule has 31 heavy (non-hydrogen) atoms. The molecule has 0 bridgehead atoms. The lowest BCUT2D eigenvalue weighted by atomic mass is 10.0. The van der Waals surface area contributed by atoms with Crippen LogP contribution in [0.3, 0.4) is 0 Å². The number of halogens is 2. The van der Waals surface area contributed by atoms with E-state index in [0.717, 1.165) is 11.6 Å². The summed E-state index contributed by atoms with van der Waals surface area (Å²) in [6, 6.07) is 17.4. The molecule has 0 aliphatic rings. The Morgan fingerprint density at radius 2 is 1.90 bits per heavy atom. The van der Waals surface area contributed by atoms with Gasteiger partial charge in [0.05, 0.1) is 4.92 Å². The quantitative estimate of drug-likeness (QED) is 0.154. The fourth-order valence-electron chi connectivity index (χ4n) is 2.73. The summed E-state index contributed by atoms with van der Waals surface area (Å²) in [6.07, 6.45) is 1.31. The first-order valence-electron chi connectivity index (χ1n) is 8.95. The molecule has 0 aliphatic heterocycles. The Morgan fingerprint density at radius 3 is 2.58 bits per heavy atom. The van der Waals surface area contributed by atoms with Crippen molar-refractivity contribution in [2.24, 2.45) is 0 Å². The summed E-state index contributed by atoms with van der Waals surface area (Å²) in [5, 5.41) is 20.8. The summed E-state index contributed by atoms with van der Waals surface area (Å²) in [4.78, 5) is 23.1. The molecule has 0 saturated carbocycles. The number of nitriles is 1. The van der Waals surface area contributed by atoms with Gasteiger partial charge in [-0.1, -0.05) is 35.9 Å². The molecule has 0 heterocycles. The molecule has 3 aromatic carbocycles. The van der Waals surface area contributed by atoms with Crippen molar-refractivity contribution >= 4 is 29.1 Å². The molecule has 0 fully saturated rings. The van der Waals surface area contributed by atoms with E-state index in [-0.39, 0.29) is 29.2 Å². The minimum Gasteiger partial charge on any atom is -0.488 e. The van der Waals surface area contributed by atoms with Crippen molar-refractivity contribution in [3.8, 4) is 11.8 Å². The van der Waals surface area contributed by atoms with Gasteiger partial charge in [0.25, 0.3) is 5.69 Å². The maximum Gasteiger partial charge on any atom is 0.270 e. The van der Waals surface area contributed by atoms with Crippen molar-refractivity contribution < 1.29 is 18.8 Å². The minimum absolute atomic E-state index is 0.0119. The largest absolute Gasteiger partial charge is 0.488 e. The van der Waals surface area contributed by atoms with E-state index in [9.17, 15) is 24.6 Å². The third kappa shape index (κ3) is 5.53. The first-order valence-corrected chi connectivity index (χ1v) is 9.33. The van der Waals surface area contributed by atoms with Crippen LogP contribution in [0.2, 0.25) is 5.02 Å². The normalized spacial score (nSPS) is 10.9. The van der Waals surface area contributed by atoms with Gasteiger partial charge in [-0.05, 0) is 42.0 Å². The van der Waals surface area contributed by atoms with E-state index in [1.165, 1.54) is 42.5 Å². The van der Waals surface area contributed by atoms with Crippen LogP contribution in [-0.2, 0) is 6.61 Å². The third-order valence-corrected chi connectivity index (χ3v) is 4.50. The number of nitro benzene ring substituents is 1. The number of allylic oxidation sites excluding steroid dienone is 1. The van der Waals surface area contributed by atoms with Crippen molar-refractivity contribution in [3.05, 3.63) is 110 Å². The van der Waals surface area contributed by atoms with E-state index in [4.69, 9.17) is 16.3 Å². The minimum atomic E-state index is -0.671. The average Bonchev–Trinajstić information content (AvgIpc) is 2.77. The van der Waals surface area contributed by atoms with Crippen LogP contribution in [0.5, 0.6) is 5.75 Å². The number of ketones is 1. The second kappa shape index (κ2) is 9.65. The van der Waals surface area contributed by atoms with Crippen molar-refractivity contribution in [2.75, 3.05) is 0 Å². The molecule has 0 atom stereocenters. The highest BCUT2D eigenvalue weighted by Crippen LogP contribution is 2.27. The number of hydrogen-bond donors (Lipinski definition) is 0. The van der Waals surface area contributed by atoms with Gasteiger partial charge in [0.15, 0.2) is 0 Å². The molecular weight excluding hydrogens is 423 g/mol. The number of rotatable bonds is 7. The molecule has 0 saturated heterocycles. The third-order valence-electron chi connectivity index (χ3n) is 4.26. The van der Waals surface area contributed by atoms with E-state index in [1.54, 1.807) is 24.3 Å². The molecule has 0 N–H and O–H groups in total. The molecule has 154 valence electrons. The summed E-state index contributed by atoms with van der Waals surface area (Å²) in [5.41, 5.74) is 0.617. The number of nitrogens with zero attached hydrogens (tertiary/aromatic N) is 2. The topological polar surface area (TPSA) is 93.2 Å². The zero-order valence-electron chi connectivity index (χ0n) is 15.9. The monoisotopic (exact) mass is 436 g/mol. The summed E-state index contributed by atoms with van der Waals surface area (Å²) < 4.78 is 18.8. The van der Waals surface area contributed by atoms with Gasteiger partial charge >= 0.3 is 0 Å². The summed E-state index contributed by atoms with van der Waals surface area (Å²) in [5.74, 6) is -0.679. The first-order chi connectivity index (χ1) is 14.9. The predicted octanol–water partition coefficient (Wildman–Crippen LogP) is 5.76. The van der Waals surface area contributed by atoms with Gasteiger partial charge in [-0.3, -0.25) is 14.9 Å². The summed E-state index contributed by atoms with van der Waals surface area (Å²) in [7, 11) is 0. The Bertz CT molecular complexity index is 1220. The molecule has 3 aromatic rings. The molecule has 8 heteroatoms. The van der Waals surface area contributed by atoms with Crippen molar-refractivity contribution in [2.45, 2.75) is 6.61 Å². The van der Waals surface area contributed by atoms with Gasteiger partial charge in [0.2, 0.25) is 5.78 Å². The number of nitro groups is 1. The maximum absolute atomic E-state index is 13.1. The molecule has 3 rings (SSSR count). The Labute approximate surface area is 181 Å². The number of carbonyl (C=O) groups is 1. The summed E-state index contributed by atoms with van der Waals surface area (Å²) >= 11 is 6.06. The van der Waals surface area contributed by atoms with Gasteiger partial charge in [-0.15, -0.1) is 0 Å². The molecule has 0 spiro atoms. The highest BCUT2D eigenvalue weighted by atomic mass is 35.5. The number of hydrogen-bond acceptors (Lipinski definition) is 5. The highest BCUT2D eigenvalue weighted by molar-refractivity contribution is 6.30. The van der Waals surface area contributed by atoms with E-state index < -0.39 is 10.7 Å². The van der Waals surface area contributed by atoms with Gasteiger partial charge in [0.1, 0.15) is 29.8 Å². The van der Waals surface area contributed by atoms with E-state index in [1.807, 2.05) is 6.07 Å². The fourth-order valence-corrected chi connectivity index (χ4v) is 2.91. The van der Waals surface area contributed by atoms with Crippen molar-refractivity contribution in [1.29, 1.82) is 5.26 Å². The Morgan fingerprint density at radius 1 is 1.16 bits per heavy atom.